The molecule has 0 saturated carbocycles. The van der Waals surface area contributed by atoms with Crippen molar-refractivity contribution < 1.29 is 26.6 Å². The van der Waals surface area contributed by atoms with Crippen LogP contribution < -0.4 is 9.47 Å². The van der Waals surface area contributed by atoms with Crippen LogP contribution in [-0.2, 0) is 13.0 Å². The molecule has 1 saturated heterocycles. The molecule has 0 spiro atoms. The topological polar surface area (TPSA) is 38.8 Å². The average molecular weight is 389 g/mol. The molecule has 1 atom stereocenters. The van der Waals surface area contributed by atoms with Crippen molar-refractivity contribution in [1.29, 1.82) is 0 Å². The quantitative estimate of drug-likeness (QED) is 0.737. The highest BCUT2D eigenvalue weighted by Crippen LogP contribution is 2.39. The Morgan fingerprint density at radius 1 is 1.14 bits per heavy atom. The first-order valence-corrected chi connectivity index (χ1v) is 9.52. The van der Waals surface area contributed by atoms with Gasteiger partial charge in [0.05, 0.1) is 25.0 Å². The van der Waals surface area contributed by atoms with E-state index in [0.717, 1.165) is 32.5 Å². The molecule has 2 aromatic rings. The SMILES string of the molecule is [2H]c1c2c(c([2H])c(OC([2H])([2H])[2H])c1OC([2H])([2H])[2H])C(=O)C([2H])(CC1CCN(Cc3ccccc3)CC1)C2. The standard InChI is InChI=1S/C24H29NO3/c1-27-22-14-19-13-20(24(26)21(19)15-23(22)28-2)12-17-8-10-25(11-9-17)16-18-6-4-3-5-7-18/h3-7,14-15,17,20H,8-13,16H2,1-2H3/i1D3,2D3,14D,15D,20D. The number of carbonyl (C=O) groups is 1. The number of rotatable bonds is 6. The Morgan fingerprint density at radius 3 is 2.57 bits per heavy atom. The Labute approximate surface area is 180 Å². The number of likely N-dealkylation sites (tertiary alicyclic amines) is 1. The van der Waals surface area contributed by atoms with Crippen molar-refractivity contribution in [3.8, 4) is 11.5 Å². The Morgan fingerprint density at radius 2 is 1.86 bits per heavy atom. The molecule has 2 aliphatic rings. The number of hydrogen-bond donors (Lipinski definition) is 0. The lowest BCUT2D eigenvalue weighted by Gasteiger charge is -2.32. The molecule has 4 heteroatoms. The van der Waals surface area contributed by atoms with Crippen LogP contribution in [0.25, 0.3) is 0 Å². The number of carbonyl (C=O) groups excluding carboxylic acids is 1. The predicted octanol–water partition coefficient (Wildman–Crippen LogP) is 4.36. The third-order valence-electron chi connectivity index (χ3n) is 5.64. The van der Waals surface area contributed by atoms with E-state index in [1.165, 1.54) is 5.56 Å². The minimum Gasteiger partial charge on any atom is -0.493 e. The van der Waals surface area contributed by atoms with Crippen LogP contribution in [0.15, 0.2) is 42.4 Å². The normalized spacial score (nSPS) is 28.4. The van der Waals surface area contributed by atoms with Crippen molar-refractivity contribution in [3.05, 3.63) is 59.1 Å². The lowest BCUT2D eigenvalue weighted by molar-refractivity contribution is 0.0895. The molecule has 1 heterocycles. The minimum absolute atomic E-state index is 0.0173. The van der Waals surface area contributed by atoms with E-state index in [4.69, 9.17) is 21.8 Å². The van der Waals surface area contributed by atoms with Crippen LogP contribution in [0, 0.1) is 11.8 Å². The van der Waals surface area contributed by atoms with Gasteiger partial charge in [0.25, 0.3) is 0 Å². The van der Waals surface area contributed by atoms with E-state index >= 15 is 0 Å². The molecule has 1 unspecified atom stereocenters. The van der Waals surface area contributed by atoms with Crippen LogP contribution in [0.1, 0.15) is 53.1 Å². The first kappa shape index (κ1) is 11.0. The summed E-state index contributed by atoms with van der Waals surface area (Å²) in [6, 6.07) is 8.91. The molecule has 4 rings (SSSR count). The zero-order valence-corrected chi connectivity index (χ0v) is 15.6. The van der Waals surface area contributed by atoms with Crippen molar-refractivity contribution in [2.45, 2.75) is 32.2 Å². The van der Waals surface area contributed by atoms with E-state index in [0.29, 0.717) is 0 Å². The summed E-state index contributed by atoms with van der Waals surface area (Å²) in [7, 11) is -6.12. The zero-order chi connectivity index (χ0) is 27.2. The van der Waals surface area contributed by atoms with Gasteiger partial charge in [-0.1, -0.05) is 30.3 Å². The molecule has 2 aromatic carbocycles. The second-order valence-corrected chi connectivity index (χ2v) is 7.48. The van der Waals surface area contributed by atoms with Gasteiger partial charge in [-0.3, -0.25) is 9.69 Å². The highest BCUT2D eigenvalue weighted by molar-refractivity contribution is 6.02. The van der Waals surface area contributed by atoms with Gasteiger partial charge in [0.2, 0.25) is 0 Å². The summed E-state index contributed by atoms with van der Waals surface area (Å²) < 4.78 is 80.1. The zero-order valence-electron chi connectivity index (χ0n) is 24.6. The molecule has 1 aliphatic carbocycles. The molecule has 0 aromatic heterocycles. The molecule has 4 nitrogen and oxygen atoms in total. The number of piperidine rings is 1. The van der Waals surface area contributed by atoms with Crippen molar-refractivity contribution in [3.63, 3.8) is 0 Å². The lowest BCUT2D eigenvalue weighted by Crippen LogP contribution is -2.34. The summed E-state index contributed by atoms with van der Waals surface area (Å²) in [4.78, 5) is 15.8. The van der Waals surface area contributed by atoms with Gasteiger partial charge < -0.3 is 9.47 Å². The number of ether oxygens (including phenoxy) is 2. The summed E-state index contributed by atoms with van der Waals surface area (Å²) >= 11 is 0. The second kappa shape index (κ2) is 8.36. The van der Waals surface area contributed by atoms with Gasteiger partial charge in [-0.25, -0.2) is 0 Å². The molecule has 0 N–H and O–H groups in total. The van der Waals surface area contributed by atoms with E-state index in [2.05, 4.69) is 17.0 Å². The van der Waals surface area contributed by atoms with Crippen molar-refractivity contribution in [1.82, 2.24) is 4.90 Å². The highest BCUT2D eigenvalue weighted by atomic mass is 16.5. The molecular weight excluding hydrogens is 350 g/mol. The number of ketones is 1. The lowest BCUT2D eigenvalue weighted by atomic mass is 9.85. The van der Waals surface area contributed by atoms with Gasteiger partial charge >= 0.3 is 0 Å². The van der Waals surface area contributed by atoms with Crippen LogP contribution in [0.2, 0.25) is 0 Å². The summed E-state index contributed by atoms with van der Waals surface area (Å²) in [5, 5.41) is 0. The Kier molecular flexibility index (Phi) is 3.29. The number of nitrogens with zero attached hydrogens (tertiary/aromatic N) is 1. The molecule has 0 amide bonds. The number of hydrogen-bond acceptors (Lipinski definition) is 4. The van der Waals surface area contributed by atoms with Crippen LogP contribution in [0.4, 0.5) is 0 Å². The Bertz CT molecular complexity index is 1160. The molecular formula is C24H29NO3. The monoisotopic (exact) mass is 388 g/mol. The largest absolute Gasteiger partial charge is 0.493 e. The summed E-state index contributed by atoms with van der Waals surface area (Å²) in [5.41, 5.74) is 0.970. The van der Waals surface area contributed by atoms with E-state index in [-0.39, 0.29) is 29.9 Å². The number of Topliss-reactive ketones (excluding diaryl/α,β-unsaturated/α-hetero) is 1. The van der Waals surface area contributed by atoms with Crippen LogP contribution in [0.5, 0.6) is 11.5 Å². The number of fused-ring (bicyclic) bond motifs is 1. The van der Waals surface area contributed by atoms with Gasteiger partial charge in [-0.2, -0.15) is 0 Å². The molecule has 28 heavy (non-hydrogen) atoms. The van der Waals surface area contributed by atoms with E-state index in [1.54, 1.807) is 0 Å². The first-order valence-electron chi connectivity index (χ1n) is 14.0. The highest BCUT2D eigenvalue weighted by Gasteiger charge is 2.34. The third-order valence-corrected chi connectivity index (χ3v) is 5.64. The fraction of sp³-hybridized carbons (Fsp3) is 0.458. The molecule has 148 valence electrons. The number of benzene rings is 2. The maximum atomic E-state index is 13.4. The Balaban J connectivity index is 1.55. The molecule has 1 aliphatic heterocycles. The van der Waals surface area contributed by atoms with Crippen LogP contribution in [0.3, 0.4) is 0 Å². The van der Waals surface area contributed by atoms with Gasteiger partial charge in [-0.05, 0) is 67.9 Å². The minimum atomic E-state index is -3.07. The van der Waals surface area contributed by atoms with E-state index in [1.807, 2.05) is 18.2 Å². The average Bonchev–Trinajstić information content (AvgIpc) is 3.06. The van der Waals surface area contributed by atoms with Crippen molar-refractivity contribution in [2.24, 2.45) is 11.8 Å². The maximum absolute atomic E-state index is 13.4. The Hall–Kier alpha value is -2.33. The summed E-state index contributed by atoms with van der Waals surface area (Å²) in [5.74, 6) is -3.76. The predicted molar refractivity (Wildman–Crippen MR) is 110 cm³/mol. The van der Waals surface area contributed by atoms with Gasteiger partial charge in [0, 0.05) is 19.4 Å². The second-order valence-electron chi connectivity index (χ2n) is 7.48. The smallest absolute Gasteiger partial charge is 0.166 e. The van der Waals surface area contributed by atoms with Crippen molar-refractivity contribution >= 4 is 5.78 Å². The van der Waals surface area contributed by atoms with Crippen molar-refractivity contribution in [2.75, 3.05) is 27.2 Å². The van der Waals surface area contributed by atoms with Gasteiger partial charge in [0.1, 0.15) is 0 Å². The van der Waals surface area contributed by atoms with Gasteiger partial charge in [-0.15, -0.1) is 0 Å². The van der Waals surface area contributed by atoms with E-state index < -0.39 is 49.3 Å². The third kappa shape index (κ3) is 3.93. The van der Waals surface area contributed by atoms with E-state index in [9.17, 15) is 4.79 Å². The maximum Gasteiger partial charge on any atom is 0.166 e. The molecule has 0 bridgehead atoms. The number of methoxy groups -OCH3 is 2. The summed E-state index contributed by atoms with van der Waals surface area (Å²) in [6.45, 7) is 2.46. The van der Waals surface area contributed by atoms with Crippen LogP contribution >= 0.6 is 0 Å². The molecule has 1 fully saturated rings. The summed E-state index contributed by atoms with van der Waals surface area (Å²) in [6.07, 6.45) is 1.63. The van der Waals surface area contributed by atoms with Gasteiger partial charge in [0.15, 0.2) is 17.3 Å². The first-order chi connectivity index (χ1) is 17.2. The molecule has 0 radical (unpaired) electrons. The fourth-order valence-electron chi connectivity index (χ4n) is 4.15. The van der Waals surface area contributed by atoms with Crippen LogP contribution in [-0.4, -0.2) is 37.8 Å². The fourth-order valence-corrected chi connectivity index (χ4v) is 4.15.